The molecule has 1 aromatic rings. The third-order valence-electron chi connectivity index (χ3n) is 3.12. The van der Waals surface area contributed by atoms with E-state index in [9.17, 15) is 0 Å². The first-order valence-electron chi connectivity index (χ1n) is 7.00. The number of rotatable bonds is 11. The van der Waals surface area contributed by atoms with Crippen LogP contribution in [-0.4, -0.2) is 56.8 Å². The zero-order valence-corrected chi connectivity index (χ0v) is 12.9. The molecule has 1 N–H and O–H groups in total. The minimum atomic E-state index is 0.333. The SMILES string of the molecule is CCC(C)N(CCOC)c1nnc(CNCCOC)o1. The van der Waals surface area contributed by atoms with Crippen molar-refractivity contribution in [2.45, 2.75) is 32.9 Å². The Balaban J connectivity index is 2.56. The van der Waals surface area contributed by atoms with E-state index in [1.54, 1.807) is 14.2 Å². The third-order valence-corrected chi connectivity index (χ3v) is 3.12. The van der Waals surface area contributed by atoms with Gasteiger partial charge in [-0.05, 0) is 13.3 Å². The molecule has 0 saturated heterocycles. The molecule has 7 heteroatoms. The van der Waals surface area contributed by atoms with E-state index in [0.29, 0.717) is 37.7 Å². The van der Waals surface area contributed by atoms with Gasteiger partial charge in [0.1, 0.15) is 0 Å². The summed E-state index contributed by atoms with van der Waals surface area (Å²) in [5.74, 6) is 0.585. The van der Waals surface area contributed by atoms with Gasteiger partial charge in [0, 0.05) is 33.4 Å². The van der Waals surface area contributed by atoms with Crippen molar-refractivity contribution in [3.8, 4) is 0 Å². The Morgan fingerprint density at radius 1 is 1.25 bits per heavy atom. The summed E-state index contributed by atoms with van der Waals surface area (Å²) in [6, 6.07) is 0.889. The van der Waals surface area contributed by atoms with E-state index in [4.69, 9.17) is 13.9 Å². The molecular weight excluding hydrogens is 260 g/mol. The minimum absolute atomic E-state index is 0.333. The normalized spacial score (nSPS) is 12.6. The number of anilines is 1. The van der Waals surface area contributed by atoms with Crippen molar-refractivity contribution in [1.29, 1.82) is 0 Å². The van der Waals surface area contributed by atoms with Crippen molar-refractivity contribution in [3.05, 3.63) is 5.89 Å². The highest BCUT2D eigenvalue weighted by Gasteiger charge is 2.18. The molecule has 7 nitrogen and oxygen atoms in total. The molecule has 0 aliphatic carbocycles. The number of methoxy groups -OCH3 is 2. The Morgan fingerprint density at radius 3 is 2.65 bits per heavy atom. The zero-order chi connectivity index (χ0) is 14.8. The molecule has 0 aliphatic rings. The molecule has 0 spiro atoms. The third kappa shape index (κ3) is 5.44. The van der Waals surface area contributed by atoms with Gasteiger partial charge in [0.2, 0.25) is 5.89 Å². The second-order valence-corrected chi connectivity index (χ2v) is 4.59. The molecule has 0 bridgehead atoms. The maximum atomic E-state index is 5.69. The van der Waals surface area contributed by atoms with Crippen molar-refractivity contribution < 1.29 is 13.9 Å². The van der Waals surface area contributed by atoms with Gasteiger partial charge in [0.05, 0.1) is 19.8 Å². The van der Waals surface area contributed by atoms with Crippen LogP contribution >= 0.6 is 0 Å². The number of aromatic nitrogens is 2. The second kappa shape index (κ2) is 9.68. The molecule has 20 heavy (non-hydrogen) atoms. The van der Waals surface area contributed by atoms with Crippen LogP contribution in [0.4, 0.5) is 6.01 Å². The van der Waals surface area contributed by atoms with Gasteiger partial charge < -0.3 is 24.1 Å². The molecule has 0 amide bonds. The largest absolute Gasteiger partial charge is 0.407 e. The van der Waals surface area contributed by atoms with Gasteiger partial charge in [-0.25, -0.2) is 0 Å². The van der Waals surface area contributed by atoms with Crippen LogP contribution in [-0.2, 0) is 16.0 Å². The number of nitrogens with one attached hydrogen (secondary N) is 1. The summed E-state index contributed by atoms with van der Waals surface area (Å²) in [5.41, 5.74) is 0. The van der Waals surface area contributed by atoms with E-state index in [1.165, 1.54) is 0 Å². The van der Waals surface area contributed by atoms with E-state index >= 15 is 0 Å². The fraction of sp³-hybridized carbons (Fsp3) is 0.846. The Kier molecular flexibility index (Phi) is 8.17. The van der Waals surface area contributed by atoms with Crippen LogP contribution in [0.5, 0.6) is 0 Å². The van der Waals surface area contributed by atoms with Gasteiger partial charge in [0.25, 0.3) is 0 Å². The molecule has 0 radical (unpaired) electrons. The van der Waals surface area contributed by atoms with E-state index in [0.717, 1.165) is 19.5 Å². The van der Waals surface area contributed by atoms with Crippen LogP contribution in [0.15, 0.2) is 4.42 Å². The average Bonchev–Trinajstić information content (AvgIpc) is 2.92. The van der Waals surface area contributed by atoms with Crippen LogP contribution in [0.3, 0.4) is 0 Å². The zero-order valence-electron chi connectivity index (χ0n) is 12.9. The summed E-state index contributed by atoms with van der Waals surface area (Å²) in [6.07, 6.45) is 1.01. The van der Waals surface area contributed by atoms with Gasteiger partial charge in [-0.1, -0.05) is 12.0 Å². The second-order valence-electron chi connectivity index (χ2n) is 4.59. The summed E-state index contributed by atoms with van der Waals surface area (Å²) in [7, 11) is 3.36. The Bertz CT molecular complexity index is 359. The predicted molar refractivity (Wildman–Crippen MR) is 76.9 cm³/mol. The lowest BCUT2D eigenvalue weighted by Crippen LogP contribution is -2.35. The Labute approximate surface area is 120 Å². The fourth-order valence-electron chi connectivity index (χ4n) is 1.72. The molecule has 0 aliphatic heterocycles. The minimum Gasteiger partial charge on any atom is -0.407 e. The molecule has 1 unspecified atom stereocenters. The van der Waals surface area contributed by atoms with Crippen molar-refractivity contribution in [3.63, 3.8) is 0 Å². The molecular formula is C13H26N4O3. The lowest BCUT2D eigenvalue weighted by molar-refractivity contribution is 0.198. The molecule has 0 fully saturated rings. The monoisotopic (exact) mass is 286 g/mol. The standard InChI is InChI=1S/C13H26N4O3/c1-5-11(2)17(7-9-19-4)13-16-15-12(20-13)10-14-6-8-18-3/h11,14H,5-10H2,1-4H3. The summed E-state index contributed by atoms with van der Waals surface area (Å²) >= 11 is 0. The first-order chi connectivity index (χ1) is 9.72. The average molecular weight is 286 g/mol. The van der Waals surface area contributed by atoms with E-state index in [-0.39, 0.29) is 0 Å². The Morgan fingerprint density at radius 2 is 2.00 bits per heavy atom. The van der Waals surface area contributed by atoms with Gasteiger partial charge in [-0.15, -0.1) is 5.10 Å². The number of hydrogen-bond acceptors (Lipinski definition) is 7. The van der Waals surface area contributed by atoms with E-state index in [2.05, 4.69) is 34.3 Å². The summed E-state index contributed by atoms with van der Waals surface area (Å²) in [5, 5.41) is 11.4. The van der Waals surface area contributed by atoms with Crippen LogP contribution < -0.4 is 10.2 Å². The maximum Gasteiger partial charge on any atom is 0.318 e. The van der Waals surface area contributed by atoms with Gasteiger partial charge in [-0.2, -0.15) is 0 Å². The number of nitrogens with zero attached hydrogens (tertiary/aromatic N) is 3. The summed E-state index contributed by atoms with van der Waals surface area (Å²) in [4.78, 5) is 2.08. The quantitative estimate of drug-likeness (QED) is 0.610. The van der Waals surface area contributed by atoms with Gasteiger partial charge >= 0.3 is 6.01 Å². The first kappa shape index (κ1) is 16.9. The number of hydrogen-bond donors (Lipinski definition) is 1. The topological polar surface area (TPSA) is 72.7 Å². The van der Waals surface area contributed by atoms with Crippen LogP contribution in [0.1, 0.15) is 26.2 Å². The molecule has 0 aromatic carbocycles. The first-order valence-corrected chi connectivity index (χ1v) is 7.00. The lowest BCUT2D eigenvalue weighted by atomic mass is 10.2. The van der Waals surface area contributed by atoms with E-state index in [1.807, 2.05) is 0 Å². The smallest absolute Gasteiger partial charge is 0.318 e. The molecule has 1 aromatic heterocycles. The highest BCUT2D eigenvalue weighted by atomic mass is 16.5. The predicted octanol–water partition coefficient (Wildman–Crippen LogP) is 1.06. The lowest BCUT2D eigenvalue weighted by Gasteiger charge is -2.25. The van der Waals surface area contributed by atoms with Gasteiger partial charge in [0.15, 0.2) is 0 Å². The van der Waals surface area contributed by atoms with Crippen molar-refractivity contribution in [2.75, 3.05) is 45.4 Å². The van der Waals surface area contributed by atoms with Crippen molar-refractivity contribution in [2.24, 2.45) is 0 Å². The molecule has 116 valence electrons. The fourth-order valence-corrected chi connectivity index (χ4v) is 1.72. The molecule has 0 saturated carbocycles. The van der Waals surface area contributed by atoms with Crippen LogP contribution in [0.25, 0.3) is 0 Å². The van der Waals surface area contributed by atoms with Gasteiger partial charge in [-0.3, -0.25) is 0 Å². The highest BCUT2D eigenvalue weighted by Crippen LogP contribution is 2.16. The molecule has 1 rings (SSSR count). The van der Waals surface area contributed by atoms with E-state index < -0.39 is 0 Å². The number of ether oxygens (including phenoxy) is 2. The van der Waals surface area contributed by atoms with Crippen molar-refractivity contribution >= 4 is 6.01 Å². The molecule has 1 atom stereocenters. The Hall–Kier alpha value is -1.18. The van der Waals surface area contributed by atoms with Crippen LogP contribution in [0, 0.1) is 0 Å². The van der Waals surface area contributed by atoms with Crippen molar-refractivity contribution in [1.82, 2.24) is 15.5 Å². The van der Waals surface area contributed by atoms with Crippen LogP contribution in [0.2, 0.25) is 0 Å². The maximum absolute atomic E-state index is 5.69. The summed E-state index contributed by atoms with van der Waals surface area (Å²) < 4.78 is 15.8. The highest BCUT2D eigenvalue weighted by molar-refractivity contribution is 5.25. The summed E-state index contributed by atoms with van der Waals surface area (Å²) in [6.45, 7) is 7.61. The molecule has 1 heterocycles.